The quantitative estimate of drug-likeness (QED) is 0.0261. The van der Waals surface area contributed by atoms with E-state index in [0.29, 0.717) is 19.3 Å². The smallest absolute Gasteiger partial charge is 0.306 e. The fraction of sp³-hybridized carbons (Fsp3) is 0.776. The Labute approximate surface area is 453 Å². The van der Waals surface area contributed by atoms with Crippen molar-refractivity contribution in [1.82, 2.24) is 0 Å². The lowest BCUT2D eigenvalue weighted by Gasteiger charge is -2.18. The molecule has 0 saturated heterocycles. The van der Waals surface area contributed by atoms with Crippen molar-refractivity contribution in [2.24, 2.45) is 0 Å². The molecule has 0 saturated carbocycles. The van der Waals surface area contributed by atoms with Crippen molar-refractivity contribution >= 4 is 17.9 Å². The number of carbonyl (C=O) groups is 3. The number of carbonyl (C=O) groups excluding carboxylic acids is 3. The van der Waals surface area contributed by atoms with Gasteiger partial charge in [-0.1, -0.05) is 261 Å². The van der Waals surface area contributed by atoms with Crippen LogP contribution in [0.15, 0.2) is 72.9 Å². The molecule has 6 nitrogen and oxygen atoms in total. The maximum absolute atomic E-state index is 12.9. The summed E-state index contributed by atoms with van der Waals surface area (Å²) in [4.78, 5) is 38.3. The zero-order valence-corrected chi connectivity index (χ0v) is 48.4. The van der Waals surface area contributed by atoms with Gasteiger partial charge >= 0.3 is 17.9 Å². The molecule has 0 N–H and O–H groups in total. The van der Waals surface area contributed by atoms with E-state index in [2.05, 4.69) is 93.7 Å². The van der Waals surface area contributed by atoms with E-state index in [1.54, 1.807) is 0 Å². The molecule has 0 aliphatic rings. The summed E-state index contributed by atoms with van der Waals surface area (Å²) < 4.78 is 16.9. The Bertz CT molecular complexity index is 1360. The van der Waals surface area contributed by atoms with Gasteiger partial charge in [0.2, 0.25) is 0 Å². The van der Waals surface area contributed by atoms with Crippen LogP contribution in [0.5, 0.6) is 0 Å². The van der Waals surface area contributed by atoms with Gasteiger partial charge in [0.05, 0.1) is 0 Å². The van der Waals surface area contributed by atoms with Gasteiger partial charge in [-0.15, -0.1) is 0 Å². The molecule has 0 fully saturated rings. The second-order valence-corrected chi connectivity index (χ2v) is 20.9. The van der Waals surface area contributed by atoms with E-state index in [1.807, 2.05) is 0 Å². The molecule has 6 heteroatoms. The maximum atomic E-state index is 12.9. The van der Waals surface area contributed by atoms with E-state index >= 15 is 0 Å². The molecule has 1 unspecified atom stereocenters. The molecular formula is C67H118O6. The standard InChI is InChI=1S/C67H118O6/c1-4-7-10-13-16-19-22-25-27-29-30-31-32-33-34-35-36-38-39-42-45-48-51-54-57-60-66(69)72-63-64(62-71-65(68)59-56-53-50-47-44-41-24-21-18-15-12-9-6-3)73-67(70)61-58-55-52-49-46-43-40-37-28-26-23-20-17-14-11-8-5-2/h7,10,16,19,21,24-28,30-31,64H,4-6,8-9,11-15,17-18,20,22-23,29,32-63H2,1-3H3/b10-7-,19-16-,24-21-,27-25-,28-26-,31-30-. The summed E-state index contributed by atoms with van der Waals surface area (Å²) in [5.74, 6) is -0.881. The molecule has 0 aliphatic carbocycles. The van der Waals surface area contributed by atoms with E-state index in [-0.39, 0.29) is 31.1 Å². The molecule has 0 spiro atoms. The fourth-order valence-corrected chi connectivity index (χ4v) is 8.95. The highest BCUT2D eigenvalue weighted by Gasteiger charge is 2.19. The molecule has 0 amide bonds. The summed E-state index contributed by atoms with van der Waals surface area (Å²) in [7, 11) is 0. The van der Waals surface area contributed by atoms with Gasteiger partial charge in [0.1, 0.15) is 13.2 Å². The van der Waals surface area contributed by atoms with Crippen LogP contribution in [0.1, 0.15) is 316 Å². The first-order valence-electron chi connectivity index (χ1n) is 31.4. The highest BCUT2D eigenvalue weighted by molar-refractivity contribution is 5.71. The minimum Gasteiger partial charge on any atom is -0.462 e. The van der Waals surface area contributed by atoms with Crippen molar-refractivity contribution in [3.05, 3.63) is 72.9 Å². The van der Waals surface area contributed by atoms with Gasteiger partial charge in [0.15, 0.2) is 6.10 Å². The summed E-state index contributed by atoms with van der Waals surface area (Å²) in [6, 6.07) is 0. The number of unbranched alkanes of at least 4 members (excludes halogenated alkanes) is 34. The largest absolute Gasteiger partial charge is 0.462 e. The van der Waals surface area contributed by atoms with E-state index in [1.165, 1.54) is 186 Å². The van der Waals surface area contributed by atoms with Crippen LogP contribution in [0.3, 0.4) is 0 Å². The zero-order valence-electron chi connectivity index (χ0n) is 48.4. The van der Waals surface area contributed by atoms with Gasteiger partial charge in [-0.2, -0.15) is 0 Å². The van der Waals surface area contributed by atoms with Crippen LogP contribution in [-0.2, 0) is 28.6 Å². The SMILES string of the molecule is CC/C=C\C/C=C\C/C=C\C/C=C\CCCCCCCCCCCCCCC(=O)OCC(COC(=O)CCCCCCC/C=C\CCCCCC)OC(=O)CCCCCCCCC/C=C\CCCCCCCC. The van der Waals surface area contributed by atoms with Gasteiger partial charge in [-0.05, 0) is 109 Å². The molecule has 0 rings (SSSR count). The molecule has 0 bridgehead atoms. The van der Waals surface area contributed by atoms with E-state index in [0.717, 1.165) is 89.9 Å². The summed E-state index contributed by atoms with van der Waals surface area (Å²) >= 11 is 0. The number of allylic oxidation sites excluding steroid dienone is 12. The summed E-state index contributed by atoms with van der Waals surface area (Å²) in [6.45, 7) is 6.53. The minimum atomic E-state index is -0.781. The zero-order chi connectivity index (χ0) is 52.9. The predicted octanol–water partition coefficient (Wildman–Crippen LogP) is 21.3. The average molecular weight is 1020 g/mol. The number of hydrogen-bond donors (Lipinski definition) is 0. The Morgan fingerprint density at radius 3 is 0.863 bits per heavy atom. The third-order valence-corrected chi connectivity index (χ3v) is 13.7. The maximum Gasteiger partial charge on any atom is 0.306 e. The van der Waals surface area contributed by atoms with Gasteiger partial charge in [0.25, 0.3) is 0 Å². The molecule has 0 aromatic rings. The second kappa shape index (κ2) is 61.4. The third kappa shape index (κ3) is 59.6. The molecule has 0 heterocycles. The summed E-state index contributed by atoms with van der Waals surface area (Å²) in [6.07, 6.45) is 79.0. The third-order valence-electron chi connectivity index (χ3n) is 13.7. The number of rotatable bonds is 57. The van der Waals surface area contributed by atoms with Gasteiger partial charge < -0.3 is 14.2 Å². The van der Waals surface area contributed by atoms with Crippen molar-refractivity contribution in [2.75, 3.05) is 13.2 Å². The Hall–Kier alpha value is -3.15. The van der Waals surface area contributed by atoms with E-state index < -0.39 is 6.10 Å². The minimum absolute atomic E-state index is 0.0788. The van der Waals surface area contributed by atoms with Crippen LogP contribution >= 0.6 is 0 Å². The number of hydrogen-bond acceptors (Lipinski definition) is 6. The van der Waals surface area contributed by atoms with Gasteiger partial charge in [0, 0.05) is 19.3 Å². The van der Waals surface area contributed by atoms with Crippen LogP contribution < -0.4 is 0 Å². The first-order chi connectivity index (χ1) is 36.0. The second-order valence-electron chi connectivity index (χ2n) is 20.9. The molecule has 0 aromatic carbocycles. The van der Waals surface area contributed by atoms with Crippen molar-refractivity contribution < 1.29 is 28.6 Å². The monoisotopic (exact) mass is 1020 g/mol. The number of ether oxygens (including phenoxy) is 3. The Morgan fingerprint density at radius 1 is 0.288 bits per heavy atom. The molecule has 0 radical (unpaired) electrons. The van der Waals surface area contributed by atoms with Crippen LogP contribution in [0, 0.1) is 0 Å². The van der Waals surface area contributed by atoms with Crippen molar-refractivity contribution in [3.8, 4) is 0 Å². The van der Waals surface area contributed by atoms with Crippen molar-refractivity contribution in [2.45, 2.75) is 322 Å². The van der Waals surface area contributed by atoms with Crippen molar-refractivity contribution in [3.63, 3.8) is 0 Å². The summed E-state index contributed by atoms with van der Waals surface area (Å²) in [5.41, 5.74) is 0. The highest BCUT2D eigenvalue weighted by Crippen LogP contribution is 2.16. The number of esters is 3. The van der Waals surface area contributed by atoms with E-state index in [9.17, 15) is 14.4 Å². The lowest BCUT2D eigenvalue weighted by atomic mass is 10.0. The molecular weight excluding hydrogens is 901 g/mol. The molecule has 0 aliphatic heterocycles. The normalized spacial score (nSPS) is 12.5. The van der Waals surface area contributed by atoms with Crippen LogP contribution in [0.2, 0.25) is 0 Å². The van der Waals surface area contributed by atoms with Crippen molar-refractivity contribution in [1.29, 1.82) is 0 Å². The molecule has 1 atom stereocenters. The predicted molar refractivity (Wildman–Crippen MR) is 316 cm³/mol. The van der Waals surface area contributed by atoms with Gasteiger partial charge in [-0.3, -0.25) is 14.4 Å². The highest BCUT2D eigenvalue weighted by atomic mass is 16.6. The fourth-order valence-electron chi connectivity index (χ4n) is 8.95. The Balaban J connectivity index is 4.29. The average Bonchev–Trinajstić information content (AvgIpc) is 3.39. The topological polar surface area (TPSA) is 78.9 Å². The van der Waals surface area contributed by atoms with E-state index in [4.69, 9.17) is 14.2 Å². The molecule has 0 aromatic heterocycles. The first kappa shape index (κ1) is 69.8. The van der Waals surface area contributed by atoms with Crippen LogP contribution in [-0.4, -0.2) is 37.2 Å². The first-order valence-corrected chi connectivity index (χ1v) is 31.4. The Kier molecular flexibility index (Phi) is 58.7. The molecule has 73 heavy (non-hydrogen) atoms. The van der Waals surface area contributed by atoms with Gasteiger partial charge in [-0.25, -0.2) is 0 Å². The Morgan fingerprint density at radius 2 is 0.534 bits per heavy atom. The lowest BCUT2D eigenvalue weighted by Crippen LogP contribution is -2.30. The van der Waals surface area contributed by atoms with Crippen LogP contribution in [0.4, 0.5) is 0 Å². The lowest BCUT2D eigenvalue weighted by molar-refractivity contribution is -0.167. The molecule has 422 valence electrons. The van der Waals surface area contributed by atoms with Crippen LogP contribution in [0.25, 0.3) is 0 Å². The summed E-state index contributed by atoms with van der Waals surface area (Å²) in [5, 5.41) is 0.